The maximum atomic E-state index is 11.5. The number of alkyl halides is 1. The van der Waals surface area contributed by atoms with Crippen LogP contribution < -0.4 is 5.32 Å². The van der Waals surface area contributed by atoms with Crippen molar-refractivity contribution in [2.75, 3.05) is 10.6 Å². The van der Waals surface area contributed by atoms with E-state index in [2.05, 4.69) is 21.2 Å². The smallest absolute Gasteiger partial charge is 0.224 e. The molecular weight excluding hydrogens is 289 g/mol. The summed E-state index contributed by atoms with van der Waals surface area (Å²) in [5.74, 6) is 0.0425. The number of carbonyl (C=O) groups is 1. The van der Waals surface area contributed by atoms with Gasteiger partial charge in [-0.1, -0.05) is 33.6 Å². The van der Waals surface area contributed by atoms with Gasteiger partial charge in [-0.25, -0.2) is 0 Å². The predicted molar refractivity (Wildman–Crippen MR) is 72.5 cm³/mol. The molecule has 4 heteroatoms. The molecule has 0 bridgehead atoms. The molecule has 0 saturated heterocycles. The molecule has 0 atom stereocenters. The summed E-state index contributed by atoms with van der Waals surface area (Å²) < 4.78 is 0. The summed E-state index contributed by atoms with van der Waals surface area (Å²) in [4.78, 5) is 11.5. The van der Waals surface area contributed by atoms with Gasteiger partial charge >= 0.3 is 0 Å². The summed E-state index contributed by atoms with van der Waals surface area (Å²) >= 11 is 9.30. The zero-order valence-electron chi connectivity index (χ0n) is 9.22. The van der Waals surface area contributed by atoms with Crippen LogP contribution >= 0.6 is 27.5 Å². The van der Waals surface area contributed by atoms with Gasteiger partial charge in [0.1, 0.15) is 0 Å². The Morgan fingerprint density at radius 1 is 1.44 bits per heavy atom. The van der Waals surface area contributed by atoms with Crippen molar-refractivity contribution in [2.45, 2.75) is 26.2 Å². The fourth-order valence-corrected chi connectivity index (χ4v) is 1.85. The molecule has 1 amide bonds. The van der Waals surface area contributed by atoms with Gasteiger partial charge in [0, 0.05) is 22.5 Å². The van der Waals surface area contributed by atoms with Crippen LogP contribution in [0.15, 0.2) is 18.2 Å². The largest absolute Gasteiger partial charge is 0.326 e. The van der Waals surface area contributed by atoms with Crippen molar-refractivity contribution in [3.05, 3.63) is 28.8 Å². The van der Waals surface area contributed by atoms with Crippen LogP contribution in [0.1, 0.15) is 24.8 Å². The maximum absolute atomic E-state index is 11.5. The molecule has 88 valence electrons. The first-order chi connectivity index (χ1) is 7.63. The maximum Gasteiger partial charge on any atom is 0.224 e. The quantitative estimate of drug-likeness (QED) is 0.642. The Morgan fingerprint density at radius 3 is 2.81 bits per heavy atom. The third kappa shape index (κ3) is 4.54. The number of nitrogens with one attached hydrogen (secondary N) is 1. The molecule has 2 nitrogen and oxygen atoms in total. The number of hydrogen-bond donors (Lipinski definition) is 1. The van der Waals surface area contributed by atoms with Crippen LogP contribution in [-0.4, -0.2) is 11.2 Å². The minimum atomic E-state index is 0.0425. The van der Waals surface area contributed by atoms with Gasteiger partial charge in [-0.3, -0.25) is 4.79 Å². The number of hydrogen-bond acceptors (Lipinski definition) is 1. The Morgan fingerprint density at radius 2 is 2.19 bits per heavy atom. The molecule has 1 aromatic carbocycles. The van der Waals surface area contributed by atoms with Gasteiger partial charge in [-0.15, -0.1) is 0 Å². The van der Waals surface area contributed by atoms with E-state index in [1.54, 1.807) is 6.07 Å². The molecule has 16 heavy (non-hydrogen) atoms. The molecule has 0 unspecified atom stereocenters. The molecule has 0 spiro atoms. The van der Waals surface area contributed by atoms with Crippen molar-refractivity contribution in [2.24, 2.45) is 0 Å². The molecule has 0 aliphatic heterocycles. The van der Waals surface area contributed by atoms with Crippen LogP contribution in [0.3, 0.4) is 0 Å². The number of halogens is 2. The third-order valence-electron chi connectivity index (χ3n) is 2.24. The molecule has 0 fully saturated rings. The first-order valence-corrected chi connectivity index (χ1v) is 6.75. The molecule has 0 aliphatic carbocycles. The zero-order chi connectivity index (χ0) is 12.0. The fraction of sp³-hybridized carbons (Fsp3) is 0.417. The summed E-state index contributed by atoms with van der Waals surface area (Å²) in [6, 6.07) is 5.54. The number of amides is 1. The second-order valence-electron chi connectivity index (χ2n) is 3.66. The lowest BCUT2D eigenvalue weighted by Crippen LogP contribution is -2.11. The van der Waals surface area contributed by atoms with Crippen LogP contribution in [0.4, 0.5) is 5.69 Å². The first-order valence-electron chi connectivity index (χ1n) is 5.25. The van der Waals surface area contributed by atoms with Gasteiger partial charge in [0.05, 0.1) is 0 Å². The summed E-state index contributed by atoms with van der Waals surface area (Å²) in [6.45, 7) is 1.93. The molecule has 0 aliphatic rings. The molecule has 0 radical (unpaired) electrons. The average Bonchev–Trinajstić information content (AvgIpc) is 2.24. The third-order valence-corrected chi connectivity index (χ3v) is 3.21. The van der Waals surface area contributed by atoms with Crippen LogP contribution in [0.2, 0.25) is 5.02 Å². The van der Waals surface area contributed by atoms with Crippen molar-refractivity contribution in [1.82, 2.24) is 0 Å². The van der Waals surface area contributed by atoms with E-state index < -0.39 is 0 Å². The molecule has 0 saturated carbocycles. The highest BCUT2D eigenvalue weighted by atomic mass is 79.9. The second kappa shape index (κ2) is 6.92. The van der Waals surface area contributed by atoms with Crippen LogP contribution in [-0.2, 0) is 4.79 Å². The van der Waals surface area contributed by atoms with E-state index in [0.717, 1.165) is 29.4 Å². The van der Waals surface area contributed by atoms with E-state index in [9.17, 15) is 4.79 Å². The van der Waals surface area contributed by atoms with E-state index in [1.807, 2.05) is 19.1 Å². The monoisotopic (exact) mass is 303 g/mol. The minimum absolute atomic E-state index is 0.0425. The normalized spacial score (nSPS) is 10.2. The molecule has 1 rings (SSSR count). The van der Waals surface area contributed by atoms with Gasteiger partial charge < -0.3 is 5.32 Å². The summed E-state index contributed by atoms with van der Waals surface area (Å²) in [6.07, 6.45) is 2.47. The SMILES string of the molecule is Cc1ccc(NC(=O)CCCCBr)cc1Cl. The molecule has 1 N–H and O–H groups in total. The number of aryl methyl sites for hydroxylation is 1. The van der Waals surface area contributed by atoms with Crippen LogP contribution in [0.5, 0.6) is 0 Å². The number of unbranched alkanes of at least 4 members (excludes halogenated alkanes) is 1. The highest BCUT2D eigenvalue weighted by Crippen LogP contribution is 2.20. The van der Waals surface area contributed by atoms with E-state index in [1.165, 1.54) is 0 Å². The molecular formula is C12H15BrClNO. The number of benzene rings is 1. The highest BCUT2D eigenvalue weighted by molar-refractivity contribution is 9.09. The minimum Gasteiger partial charge on any atom is -0.326 e. The second-order valence-corrected chi connectivity index (χ2v) is 4.86. The van der Waals surface area contributed by atoms with Crippen molar-refractivity contribution in [3.63, 3.8) is 0 Å². The standard InChI is InChI=1S/C12H15BrClNO/c1-9-5-6-10(8-11(9)14)15-12(16)4-2-3-7-13/h5-6,8H,2-4,7H2,1H3,(H,15,16). The zero-order valence-corrected chi connectivity index (χ0v) is 11.6. The predicted octanol–water partition coefficient (Wildman–Crippen LogP) is 4.15. The lowest BCUT2D eigenvalue weighted by atomic mass is 10.2. The number of anilines is 1. The van der Waals surface area contributed by atoms with Crippen molar-refractivity contribution < 1.29 is 4.79 Å². The number of rotatable bonds is 5. The fourth-order valence-electron chi connectivity index (χ4n) is 1.27. The van der Waals surface area contributed by atoms with Gasteiger partial charge in [0.15, 0.2) is 0 Å². The van der Waals surface area contributed by atoms with Crippen molar-refractivity contribution in [1.29, 1.82) is 0 Å². The van der Waals surface area contributed by atoms with Crippen LogP contribution in [0.25, 0.3) is 0 Å². The summed E-state index contributed by atoms with van der Waals surface area (Å²) in [5, 5.41) is 4.45. The van der Waals surface area contributed by atoms with Gasteiger partial charge in [0.2, 0.25) is 5.91 Å². The van der Waals surface area contributed by atoms with Crippen molar-refractivity contribution in [3.8, 4) is 0 Å². The topological polar surface area (TPSA) is 29.1 Å². The Balaban J connectivity index is 2.46. The summed E-state index contributed by atoms with van der Waals surface area (Å²) in [5.41, 5.74) is 1.78. The lowest BCUT2D eigenvalue weighted by molar-refractivity contribution is -0.116. The first kappa shape index (κ1) is 13.5. The Bertz CT molecular complexity index is 368. The van der Waals surface area contributed by atoms with Crippen molar-refractivity contribution >= 4 is 39.1 Å². The van der Waals surface area contributed by atoms with Gasteiger partial charge in [-0.05, 0) is 37.5 Å². The Labute approximate surface area is 110 Å². The summed E-state index contributed by atoms with van der Waals surface area (Å²) in [7, 11) is 0. The van der Waals surface area contributed by atoms with E-state index in [-0.39, 0.29) is 5.91 Å². The van der Waals surface area contributed by atoms with Crippen LogP contribution in [0, 0.1) is 6.92 Å². The highest BCUT2D eigenvalue weighted by Gasteiger charge is 2.03. The van der Waals surface area contributed by atoms with E-state index >= 15 is 0 Å². The molecule has 0 aromatic heterocycles. The molecule has 0 heterocycles. The van der Waals surface area contributed by atoms with Gasteiger partial charge in [0.25, 0.3) is 0 Å². The van der Waals surface area contributed by atoms with E-state index in [4.69, 9.17) is 11.6 Å². The Kier molecular flexibility index (Phi) is 5.85. The van der Waals surface area contributed by atoms with Gasteiger partial charge in [-0.2, -0.15) is 0 Å². The lowest BCUT2D eigenvalue weighted by Gasteiger charge is -2.06. The van der Waals surface area contributed by atoms with E-state index in [0.29, 0.717) is 11.4 Å². The average molecular weight is 305 g/mol. The number of carbonyl (C=O) groups excluding carboxylic acids is 1. The Hall–Kier alpha value is -0.540. The molecule has 1 aromatic rings.